The molecule has 3 aromatic heterocycles. The van der Waals surface area contributed by atoms with Gasteiger partial charge in [0.25, 0.3) is 5.56 Å². The number of nitrogens with one attached hydrogen (secondary N) is 2. The van der Waals surface area contributed by atoms with E-state index >= 15 is 0 Å². The molecule has 5 rings (SSSR count). The van der Waals surface area contributed by atoms with E-state index in [2.05, 4.69) is 15.3 Å². The molecule has 3 N–H and O–H groups in total. The van der Waals surface area contributed by atoms with E-state index in [0.717, 1.165) is 16.0 Å². The minimum atomic E-state index is -1.10. The second-order valence-electron chi connectivity index (χ2n) is 8.12. The van der Waals surface area contributed by atoms with Crippen LogP contribution in [0.3, 0.4) is 0 Å². The van der Waals surface area contributed by atoms with Gasteiger partial charge in [0.1, 0.15) is 10.8 Å². The SMILES string of the molecule is CC(C)(O)c1cc(Cl)c(Nc2nc3ccc(-c4nccs4)cc3c3c(=O)[nH]ccc23)c(Cl)c1. The lowest BCUT2D eigenvalue weighted by Gasteiger charge is -2.20. The summed E-state index contributed by atoms with van der Waals surface area (Å²) in [7, 11) is 0. The number of pyridine rings is 2. The molecule has 0 saturated carbocycles. The number of fused-ring (bicyclic) bond motifs is 3. The molecule has 0 radical (unpaired) electrons. The molecule has 0 aliphatic rings. The molecular weight excluding hydrogens is 479 g/mol. The van der Waals surface area contributed by atoms with Crippen LogP contribution < -0.4 is 10.9 Å². The Balaban J connectivity index is 1.71. The molecular formula is C24H18Cl2N4O2S. The monoisotopic (exact) mass is 496 g/mol. The van der Waals surface area contributed by atoms with Crippen molar-refractivity contribution in [3.05, 3.63) is 80.1 Å². The summed E-state index contributed by atoms with van der Waals surface area (Å²) in [5.74, 6) is 0.449. The molecule has 9 heteroatoms. The number of hydrogen-bond donors (Lipinski definition) is 3. The highest BCUT2D eigenvalue weighted by molar-refractivity contribution is 7.13. The molecule has 33 heavy (non-hydrogen) atoms. The predicted octanol–water partition coefficient (Wildman–Crippen LogP) is 6.48. The molecule has 6 nitrogen and oxygen atoms in total. The van der Waals surface area contributed by atoms with Crippen LogP contribution in [0.1, 0.15) is 19.4 Å². The van der Waals surface area contributed by atoms with Gasteiger partial charge >= 0.3 is 0 Å². The van der Waals surface area contributed by atoms with E-state index in [1.54, 1.807) is 44.4 Å². The second-order valence-corrected chi connectivity index (χ2v) is 9.83. The van der Waals surface area contributed by atoms with Gasteiger partial charge in [0, 0.05) is 34.1 Å². The number of aromatic nitrogens is 3. The van der Waals surface area contributed by atoms with E-state index in [1.165, 1.54) is 11.3 Å². The van der Waals surface area contributed by atoms with Crippen LogP contribution in [-0.2, 0) is 5.60 Å². The summed E-state index contributed by atoms with van der Waals surface area (Å²) in [5, 5.41) is 18.8. The third-order valence-corrected chi connectivity index (χ3v) is 6.80. The van der Waals surface area contributed by atoms with E-state index in [9.17, 15) is 9.90 Å². The first kappa shape index (κ1) is 21.9. The Morgan fingerprint density at radius 2 is 1.85 bits per heavy atom. The zero-order valence-electron chi connectivity index (χ0n) is 17.6. The summed E-state index contributed by atoms with van der Waals surface area (Å²) in [6.07, 6.45) is 3.33. The minimum Gasteiger partial charge on any atom is -0.386 e. The maximum absolute atomic E-state index is 12.9. The third-order valence-electron chi connectivity index (χ3n) is 5.39. The molecule has 3 heterocycles. The van der Waals surface area contributed by atoms with Crippen molar-refractivity contribution in [1.82, 2.24) is 15.0 Å². The Bertz CT molecular complexity index is 1550. The second kappa shape index (κ2) is 8.11. The summed E-state index contributed by atoms with van der Waals surface area (Å²) >= 11 is 14.5. The van der Waals surface area contributed by atoms with Crippen molar-refractivity contribution in [3.63, 3.8) is 0 Å². The van der Waals surface area contributed by atoms with E-state index in [0.29, 0.717) is 43.4 Å². The molecule has 0 bridgehead atoms. The summed E-state index contributed by atoms with van der Waals surface area (Å²) in [6, 6.07) is 10.8. The van der Waals surface area contributed by atoms with Gasteiger partial charge in [-0.05, 0) is 55.8 Å². The molecule has 0 spiro atoms. The van der Waals surface area contributed by atoms with Crippen molar-refractivity contribution in [2.75, 3.05) is 5.32 Å². The van der Waals surface area contributed by atoms with E-state index in [4.69, 9.17) is 28.2 Å². The number of aromatic amines is 1. The number of aliphatic hydroxyl groups is 1. The number of nitrogens with zero attached hydrogens (tertiary/aromatic N) is 2. The van der Waals surface area contributed by atoms with Gasteiger partial charge in [0.15, 0.2) is 0 Å². The van der Waals surface area contributed by atoms with Crippen molar-refractivity contribution < 1.29 is 5.11 Å². The zero-order chi connectivity index (χ0) is 23.3. The van der Waals surface area contributed by atoms with Crippen molar-refractivity contribution in [1.29, 1.82) is 0 Å². The highest BCUT2D eigenvalue weighted by Crippen LogP contribution is 2.39. The Morgan fingerprint density at radius 1 is 1.09 bits per heavy atom. The lowest BCUT2D eigenvalue weighted by Crippen LogP contribution is -2.15. The topological polar surface area (TPSA) is 90.9 Å². The summed E-state index contributed by atoms with van der Waals surface area (Å²) in [5.41, 5.74) is 1.26. The molecule has 0 aliphatic carbocycles. The molecule has 2 aromatic carbocycles. The van der Waals surface area contributed by atoms with Crippen LogP contribution in [0.25, 0.3) is 32.2 Å². The summed E-state index contributed by atoms with van der Waals surface area (Å²) in [6.45, 7) is 3.32. The van der Waals surface area contributed by atoms with E-state index in [-0.39, 0.29) is 5.56 Å². The van der Waals surface area contributed by atoms with Crippen LogP contribution in [0.4, 0.5) is 11.5 Å². The van der Waals surface area contributed by atoms with E-state index < -0.39 is 5.60 Å². The fraction of sp³-hybridized carbons (Fsp3) is 0.125. The van der Waals surface area contributed by atoms with Gasteiger partial charge in [-0.15, -0.1) is 11.3 Å². The van der Waals surface area contributed by atoms with Crippen molar-refractivity contribution in [2.24, 2.45) is 0 Å². The molecule has 0 saturated heterocycles. The Morgan fingerprint density at radius 3 is 2.52 bits per heavy atom. The molecule has 166 valence electrons. The fourth-order valence-corrected chi connectivity index (χ4v) is 4.93. The Labute approximate surface area is 202 Å². The number of H-pyrrole nitrogens is 1. The van der Waals surface area contributed by atoms with Gasteiger partial charge in [0.05, 0.1) is 32.2 Å². The Kier molecular flexibility index (Phi) is 5.37. The smallest absolute Gasteiger partial charge is 0.256 e. The number of rotatable bonds is 4. The lowest BCUT2D eigenvalue weighted by molar-refractivity contribution is 0.0786. The maximum Gasteiger partial charge on any atom is 0.256 e. The maximum atomic E-state index is 12.9. The van der Waals surface area contributed by atoms with Gasteiger partial charge < -0.3 is 15.4 Å². The normalized spacial score (nSPS) is 11.9. The third kappa shape index (κ3) is 3.98. The van der Waals surface area contributed by atoms with Crippen LogP contribution in [-0.4, -0.2) is 20.1 Å². The standard InChI is InChI=1S/C24H18Cl2N4O2S/c1-24(2,32)13-10-16(25)20(17(26)11-13)30-21-14-5-6-27-22(31)19(14)15-9-12(3-4-18(15)29-21)23-28-7-8-33-23/h3-11,32H,1-2H3,(H,27,31)(H,29,30). The van der Waals surface area contributed by atoms with Crippen molar-refractivity contribution in [2.45, 2.75) is 19.4 Å². The van der Waals surface area contributed by atoms with Gasteiger partial charge in [-0.3, -0.25) is 4.79 Å². The summed E-state index contributed by atoms with van der Waals surface area (Å²) < 4.78 is 0. The number of benzene rings is 2. The van der Waals surface area contributed by atoms with Crippen LogP contribution >= 0.6 is 34.5 Å². The van der Waals surface area contributed by atoms with Gasteiger partial charge in [-0.2, -0.15) is 0 Å². The lowest BCUT2D eigenvalue weighted by atomic mass is 9.98. The quantitative estimate of drug-likeness (QED) is 0.247. The Hall–Kier alpha value is -2.97. The van der Waals surface area contributed by atoms with Crippen LogP contribution in [0.2, 0.25) is 10.0 Å². The van der Waals surface area contributed by atoms with Crippen LogP contribution in [0.15, 0.2) is 59.0 Å². The van der Waals surface area contributed by atoms with Gasteiger partial charge in [-0.25, -0.2) is 9.97 Å². The van der Waals surface area contributed by atoms with Crippen LogP contribution in [0.5, 0.6) is 0 Å². The fourth-order valence-electron chi connectivity index (χ4n) is 3.72. The largest absolute Gasteiger partial charge is 0.386 e. The van der Waals surface area contributed by atoms with Crippen LogP contribution in [0, 0.1) is 0 Å². The molecule has 0 atom stereocenters. The molecule has 0 aliphatic heterocycles. The summed E-state index contributed by atoms with van der Waals surface area (Å²) in [4.78, 5) is 24.8. The number of anilines is 2. The van der Waals surface area contributed by atoms with Gasteiger partial charge in [-0.1, -0.05) is 23.2 Å². The highest BCUT2D eigenvalue weighted by Gasteiger charge is 2.21. The number of halogens is 2. The first-order chi connectivity index (χ1) is 15.7. The highest BCUT2D eigenvalue weighted by atomic mass is 35.5. The molecule has 5 aromatic rings. The average molecular weight is 497 g/mol. The molecule has 0 fully saturated rings. The first-order valence-electron chi connectivity index (χ1n) is 10.1. The first-order valence-corrected chi connectivity index (χ1v) is 11.7. The average Bonchev–Trinajstić information content (AvgIpc) is 3.30. The van der Waals surface area contributed by atoms with Crippen molar-refractivity contribution >= 4 is 67.7 Å². The zero-order valence-corrected chi connectivity index (χ0v) is 19.9. The number of thiazole rings is 1. The molecule has 0 unspecified atom stereocenters. The minimum absolute atomic E-state index is 0.228. The predicted molar refractivity (Wildman–Crippen MR) is 136 cm³/mol. The van der Waals surface area contributed by atoms with Crippen molar-refractivity contribution in [3.8, 4) is 10.6 Å². The number of hydrogen-bond acceptors (Lipinski definition) is 6. The van der Waals surface area contributed by atoms with E-state index in [1.807, 2.05) is 23.6 Å². The van der Waals surface area contributed by atoms with Gasteiger partial charge in [0.2, 0.25) is 0 Å². The molecule has 0 amide bonds.